The van der Waals surface area contributed by atoms with Crippen LogP contribution in [-0.2, 0) is 0 Å². The molecule has 0 aliphatic heterocycles. The van der Waals surface area contributed by atoms with Gasteiger partial charge in [0.1, 0.15) is 10.7 Å². The minimum atomic E-state index is -0.190. The van der Waals surface area contributed by atoms with E-state index in [0.29, 0.717) is 5.69 Å². The lowest BCUT2D eigenvalue weighted by Crippen LogP contribution is -2.12. The van der Waals surface area contributed by atoms with E-state index in [-0.39, 0.29) is 5.91 Å². The van der Waals surface area contributed by atoms with Crippen molar-refractivity contribution in [1.82, 2.24) is 4.98 Å². The van der Waals surface area contributed by atoms with Crippen LogP contribution in [0.4, 0.5) is 5.69 Å². The Hall–Kier alpha value is -1.50. The lowest BCUT2D eigenvalue weighted by molar-refractivity contribution is 0.102. The number of benzene rings is 1. The molecule has 1 N–H and O–H groups in total. The molecule has 0 atom stereocenters. The van der Waals surface area contributed by atoms with Crippen molar-refractivity contribution in [2.45, 2.75) is 0 Å². The van der Waals surface area contributed by atoms with Gasteiger partial charge in [-0.25, -0.2) is 4.98 Å². The van der Waals surface area contributed by atoms with Crippen molar-refractivity contribution in [2.24, 2.45) is 0 Å². The monoisotopic (exact) mass is 364 g/mol. The third-order valence-electron chi connectivity index (χ3n) is 2.61. The highest BCUT2D eigenvalue weighted by Gasteiger charge is 2.12. The van der Waals surface area contributed by atoms with E-state index in [1.165, 1.54) is 11.3 Å². The number of aromatic nitrogens is 1. The second-order valence-corrected chi connectivity index (χ2v) is 6.56. The van der Waals surface area contributed by atoms with Gasteiger partial charge in [0, 0.05) is 26.5 Å². The number of halogens is 1. The summed E-state index contributed by atoms with van der Waals surface area (Å²) in [5.41, 5.74) is 2.25. The SMILES string of the molecule is O=C(Nc1ccc(Br)cc1)c1csc(-c2ccsc2)n1. The number of rotatable bonds is 3. The molecule has 2 aromatic heterocycles. The van der Waals surface area contributed by atoms with Gasteiger partial charge in [-0.15, -0.1) is 11.3 Å². The molecule has 0 spiro atoms. The lowest BCUT2D eigenvalue weighted by atomic mass is 10.3. The van der Waals surface area contributed by atoms with Crippen molar-refractivity contribution in [3.63, 3.8) is 0 Å². The number of carbonyl (C=O) groups is 1. The van der Waals surface area contributed by atoms with E-state index >= 15 is 0 Å². The predicted molar refractivity (Wildman–Crippen MR) is 87.5 cm³/mol. The fourth-order valence-electron chi connectivity index (χ4n) is 1.63. The Kier molecular flexibility index (Phi) is 3.95. The number of nitrogens with one attached hydrogen (secondary N) is 1. The second-order valence-electron chi connectivity index (χ2n) is 4.01. The van der Waals surface area contributed by atoms with Crippen LogP contribution in [0.15, 0.2) is 50.9 Å². The summed E-state index contributed by atoms with van der Waals surface area (Å²) in [6.45, 7) is 0. The molecule has 1 aromatic carbocycles. The van der Waals surface area contributed by atoms with Gasteiger partial charge < -0.3 is 5.32 Å². The van der Waals surface area contributed by atoms with Crippen LogP contribution in [0.3, 0.4) is 0 Å². The van der Waals surface area contributed by atoms with Crippen molar-refractivity contribution >= 4 is 50.2 Å². The van der Waals surface area contributed by atoms with E-state index in [1.54, 1.807) is 16.7 Å². The molecule has 0 saturated carbocycles. The molecule has 0 saturated heterocycles. The number of anilines is 1. The van der Waals surface area contributed by atoms with Gasteiger partial charge in [0.15, 0.2) is 0 Å². The van der Waals surface area contributed by atoms with Crippen LogP contribution in [0.25, 0.3) is 10.6 Å². The molecule has 1 amide bonds. The fourth-order valence-corrected chi connectivity index (χ4v) is 3.40. The minimum Gasteiger partial charge on any atom is -0.321 e. The number of hydrogen-bond donors (Lipinski definition) is 1. The van der Waals surface area contributed by atoms with E-state index in [4.69, 9.17) is 0 Å². The van der Waals surface area contributed by atoms with Crippen molar-refractivity contribution < 1.29 is 4.79 Å². The maximum atomic E-state index is 12.1. The zero-order chi connectivity index (χ0) is 13.9. The van der Waals surface area contributed by atoms with Crippen LogP contribution in [0.2, 0.25) is 0 Å². The highest BCUT2D eigenvalue weighted by molar-refractivity contribution is 9.10. The molecule has 0 aliphatic rings. The van der Waals surface area contributed by atoms with Crippen LogP contribution >= 0.6 is 38.6 Å². The van der Waals surface area contributed by atoms with Crippen LogP contribution in [-0.4, -0.2) is 10.9 Å². The first kappa shape index (κ1) is 13.5. The van der Waals surface area contributed by atoms with Gasteiger partial charge in [-0.1, -0.05) is 15.9 Å². The standard InChI is InChI=1S/C14H9BrN2OS2/c15-10-1-3-11(4-2-10)16-13(18)12-8-20-14(17-12)9-5-6-19-7-9/h1-8H,(H,16,18). The smallest absolute Gasteiger partial charge is 0.275 e. The topological polar surface area (TPSA) is 42.0 Å². The second kappa shape index (κ2) is 5.87. The summed E-state index contributed by atoms with van der Waals surface area (Å²) in [5.74, 6) is -0.190. The fraction of sp³-hybridized carbons (Fsp3) is 0. The molecule has 3 nitrogen and oxygen atoms in total. The van der Waals surface area contributed by atoms with Crippen molar-refractivity contribution in [1.29, 1.82) is 0 Å². The van der Waals surface area contributed by atoms with E-state index in [2.05, 4.69) is 26.2 Å². The van der Waals surface area contributed by atoms with E-state index in [1.807, 2.05) is 41.1 Å². The third kappa shape index (κ3) is 2.98. The Morgan fingerprint density at radius 2 is 1.95 bits per heavy atom. The Labute approximate surface area is 132 Å². The number of carbonyl (C=O) groups excluding carboxylic acids is 1. The summed E-state index contributed by atoms with van der Waals surface area (Å²) >= 11 is 6.45. The number of nitrogens with zero attached hydrogens (tertiary/aromatic N) is 1. The summed E-state index contributed by atoms with van der Waals surface area (Å²) < 4.78 is 0.976. The van der Waals surface area contributed by atoms with Crippen LogP contribution in [0.5, 0.6) is 0 Å². The van der Waals surface area contributed by atoms with Crippen molar-refractivity contribution in [2.75, 3.05) is 5.32 Å². The lowest BCUT2D eigenvalue weighted by Gasteiger charge is -2.02. The van der Waals surface area contributed by atoms with E-state index in [0.717, 1.165) is 20.7 Å². The Morgan fingerprint density at radius 1 is 1.15 bits per heavy atom. The van der Waals surface area contributed by atoms with Crippen molar-refractivity contribution in [3.8, 4) is 10.6 Å². The van der Waals surface area contributed by atoms with Gasteiger partial charge in [0.25, 0.3) is 5.91 Å². The first-order chi connectivity index (χ1) is 9.72. The van der Waals surface area contributed by atoms with Crippen LogP contribution in [0, 0.1) is 0 Å². The molecule has 100 valence electrons. The summed E-state index contributed by atoms with van der Waals surface area (Å²) in [6, 6.07) is 9.45. The third-order valence-corrected chi connectivity index (χ3v) is 4.71. The van der Waals surface area contributed by atoms with Crippen LogP contribution < -0.4 is 5.32 Å². The molecule has 0 bridgehead atoms. The summed E-state index contributed by atoms with van der Waals surface area (Å²) in [5, 5.41) is 9.50. The van der Waals surface area contributed by atoms with Gasteiger partial charge in [-0.05, 0) is 35.7 Å². The summed E-state index contributed by atoms with van der Waals surface area (Å²) in [7, 11) is 0. The normalized spacial score (nSPS) is 10.4. The largest absolute Gasteiger partial charge is 0.321 e. The molecule has 0 radical (unpaired) electrons. The van der Waals surface area contributed by atoms with Crippen molar-refractivity contribution in [3.05, 3.63) is 56.6 Å². The average Bonchev–Trinajstić information content (AvgIpc) is 3.11. The maximum Gasteiger partial charge on any atom is 0.275 e. The molecule has 0 unspecified atom stereocenters. The van der Waals surface area contributed by atoms with E-state index < -0.39 is 0 Å². The number of amides is 1. The molecule has 20 heavy (non-hydrogen) atoms. The number of hydrogen-bond acceptors (Lipinski definition) is 4. The molecule has 6 heteroatoms. The Bertz CT molecular complexity index is 720. The number of thiazole rings is 1. The van der Waals surface area contributed by atoms with Gasteiger partial charge in [-0.2, -0.15) is 11.3 Å². The molecular formula is C14H9BrN2OS2. The molecule has 3 rings (SSSR count). The zero-order valence-electron chi connectivity index (χ0n) is 10.2. The van der Waals surface area contributed by atoms with Gasteiger partial charge in [0.2, 0.25) is 0 Å². The molecule has 2 heterocycles. The highest BCUT2D eigenvalue weighted by Crippen LogP contribution is 2.26. The highest BCUT2D eigenvalue weighted by atomic mass is 79.9. The van der Waals surface area contributed by atoms with Gasteiger partial charge in [0.05, 0.1) is 0 Å². The molecule has 3 aromatic rings. The van der Waals surface area contributed by atoms with Crippen LogP contribution in [0.1, 0.15) is 10.5 Å². The minimum absolute atomic E-state index is 0.190. The van der Waals surface area contributed by atoms with E-state index in [9.17, 15) is 4.79 Å². The van der Waals surface area contributed by atoms with Gasteiger partial charge in [-0.3, -0.25) is 4.79 Å². The quantitative estimate of drug-likeness (QED) is 0.718. The van der Waals surface area contributed by atoms with Gasteiger partial charge >= 0.3 is 0 Å². The predicted octanol–water partition coefficient (Wildman–Crippen LogP) is 4.89. The average molecular weight is 365 g/mol. The summed E-state index contributed by atoms with van der Waals surface area (Å²) in [6.07, 6.45) is 0. The maximum absolute atomic E-state index is 12.1. The number of thiophene rings is 1. The first-order valence-corrected chi connectivity index (χ1v) is 8.39. The Morgan fingerprint density at radius 3 is 2.65 bits per heavy atom. The Balaban J connectivity index is 1.76. The summed E-state index contributed by atoms with van der Waals surface area (Å²) in [4.78, 5) is 16.5. The molecular weight excluding hydrogens is 356 g/mol. The molecule has 0 aliphatic carbocycles. The zero-order valence-corrected chi connectivity index (χ0v) is 13.4. The first-order valence-electron chi connectivity index (χ1n) is 5.77. The molecule has 0 fully saturated rings.